The number of hydrogen-bond donors (Lipinski definition) is 2. The summed E-state index contributed by atoms with van der Waals surface area (Å²) >= 11 is 8.89. The number of carbonyl (C=O) groups is 1. The normalized spacial score (nSPS) is 10.1. The van der Waals surface area contributed by atoms with E-state index in [9.17, 15) is 4.79 Å². The summed E-state index contributed by atoms with van der Waals surface area (Å²) in [5.74, 6) is -0.689. The number of aliphatic carboxylic acids is 1. The molecule has 0 aromatic carbocycles. The summed E-state index contributed by atoms with van der Waals surface area (Å²) < 4.78 is 0.788. The van der Waals surface area contributed by atoms with Crippen molar-refractivity contribution in [3.8, 4) is 0 Å². The molecule has 0 spiro atoms. The SMILES string of the molecule is O=C(O)CCCCCCCCC(=S)S. The number of hydrogen-bond acceptors (Lipinski definition) is 2. The van der Waals surface area contributed by atoms with E-state index in [-0.39, 0.29) is 0 Å². The van der Waals surface area contributed by atoms with Gasteiger partial charge in [-0.25, -0.2) is 0 Å². The first-order valence-corrected chi connectivity index (χ1v) is 5.92. The topological polar surface area (TPSA) is 37.3 Å². The van der Waals surface area contributed by atoms with Crippen LogP contribution in [0, 0.1) is 0 Å². The van der Waals surface area contributed by atoms with Crippen molar-refractivity contribution in [1.82, 2.24) is 0 Å². The van der Waals surface area contributed by atoms with Crippen LogP contribution in [-0.2, 0) is 4.79 Å². The molecule has 14 heavy (non-hydrogen) atoms. The minimum Gasteiger partial charge on any atom is -0.481 e. The Balaban J connectivity index is 2.99. The quantitative estimate of drug-likeness (QED) is 0.364. The lowest BCUT2D eigenvalue weighted by Crippen LogP contribution is -1.93. The van der Waals surface area contributed by atoms with Crippen molar-refractivity contribution in [2.75, 3.05) is 0 Å². The summed E-state index contributed by atoms with van der Waals surface area (Å²) in [5.41, 5.74) is 0. The van der Waals surface area contributed by atoms with E-state index in [1.807, 2.05) is 0 Å². The van der Waals surface area contributed by atoms with Gasteiger partial charge in [0, 0.05) is 10.6 Å². The maximum absolute atomic E-state index is 10.2. The van der Waals surface area contributed by atoms with Crippen LogP contribution < -0.4 is 0 Å². The van der Waals surface area contributed by atoms with E-state index in [2.05, 4.69) is 12.6 Å². The zero-order valence-corrected chi connectivity index (χ0v) is 10.1. The molecule has 0 fully saturated rings. The molecule has 0 bridgehead atoms. The molecule has 0 aliphatic carbocycles. The monoisotopic (exact) mass is 234 g/mol. The predicted octanol–water partition coefficient (Wildman–Crippen LogP) is 3.45. The van der Waals surface area contributed by atoms with Gasteiger partial charge in [-0.05, 0) is 19.3 Å². The molecule has 0 heterocycles. The van der Waals surface area contributed by atoms with Gasteiger partial charge in [-0.1, -0.05) is 37.9 Å². The molecular formula is C10H18O2S2. The molecule has 0 aliphatic heterocycles. The minimum atomic E-state index is -0.689. The van der Waals surface area contributed by atoms with E-state index in [4.69, 9.17) is 17.3 Å². The second kappa shape index (κ2) is 9.46. The molecule has 1 N–H and O–H groups in total. The number of carboxylic acids is 1. The zero-order chi connectivity index (χ0) is 10.8. The van der Waals surface area contributed by atoms with Gasteiger partial charge in [0.25, 0.3) is 0 Å². The van der Waals surface area contributed by atoms with Crippen LogP contribution in [0.15, 0.2) is 0 Å². The number of unbranched alkanes of at least 4 members (excludes halogenated alkanes) is 5. The second-order valence-electron chi connectivity index (χ2n) is 3.41. The van der Waals surface area contributed by atoms with Crippen LogP contribution in [0.2, 0.25) is 0 Å². The molecule has 0 unspecified atom stereocenters. The summed E-state index contributed by atoms with van der Waals surface area (Å²) in [6, 6.07) is 0. The Morgan fingerprint density at radius 2 is 1.43 bits per heavy atom. The van der Waals surface area contributed by atoms with Crippen molar-refractivity contribution in [3.63, 3.8) is 0 Å². The van der Waals surface area contributed by atoms with Gasteiger partial charge in [0.1, 0.15) is 0 Å². The van der Waals surface area contributed by atoms with Crippen molar-refractivity contribution in [2.24, 2.45) is 0 Å². The maximum atomic E-state index is 10.2. The highest BCUT2D eigenvalue weighted by atomic mass is 32.1. The lowest BCUT2D eigenvalue weighted by atomic mass is 10.1. The first-order valence-electron chi connectivity index (χ1n) is 5.06. The van der Waals surface area contributed by atoms with Gasteiger partial charge < -0.3 is 5.11 Å². The fraction of sp³-hybridized carbons (Fsp3) is 0.800. The first kappa shape index (κ1) is 13.9. The van der Waals surface area contributed by atoms with Crippen molar-refractivity contribution >= 4 is 35.0 Å². The summed E-state index contributed by atoms with van der Waals surface area (Å²) in [6.07, 6.45) is 7.66. The van der Waals surface area contributed by atoms with Crippen LogP contribution in [0.25, 0.3) is 0 Å². The summed E-state index contributed by atoms with van der Waals surface area (Å²) in [7, 11) is 0. The van der Waals surface area contributed by atoms with Gasteiger partial charge in [0.2, 0.25) is 0 Å². The van der Waals surface area contributed by atoms with Crippen LogP contribution >= 0.6 is 24.8 Å². The standard InChI is InChI=1S/C10H18O2S2/c11-9(12)7-5-3-1-2-4-6-8-10(13)14/h1-8H2,(H,11,12)(H,13,14). The Bertz CT molecular complexity index is 161. The molecule has 0 saturated heterocycles. The van der Waals surface area contributed by atoms with Crippen LogP contribution in [0.3, 0.4) is 0 Å². The Hall–Kier alpha value is -0.0900. The Morgan fingerprint density at radius 1 is 1.00 bits per heavy atom. The molecule has 2 nitrogen and oxygen atoms in total. The Morgan fingerprint density at radius 3 is 1.86 bits per heavy atom. The van der Waals surface area contributed by atoms with Gasteiger partial charge in [-0.3, -0.25) is 4.79 Å². The highest BCUT2D eigenvalue weighted by molar-refractivity contribution is 8.11. The Kier molecular flexibility index (Phi) is 9.40. The number of carboxylic acid groups (broad SMARTS) is 1. The third-order valence-corrected chi connectivity index (χ3v) is 2.46. The molecule has 0 rings (SSSR count). The van der Waals surface area contributed by atoms with Crippen LogP contribution in [0.5, 0.6) is 0 Å². The van der Waals surface area contributed by atoms with E-state index >= 15 is 0 Å². The smallest absolute Gasteiger partial charge is 0.303 e. The molecule has 0 radical (unpaired) electrons. The molecule has 0 atom stereocenters. The highest BCUT2D eigenvalue weighted by Gasteiger charge is 1.96. The van der Waals surface area contributed by atoms with Crippen LogP contribution in [0.1, 0.15) is 51.4 Å². The van der Waals surface area contributed by atoms with E-state index in [0.717, 1.165) is 36.3 Å². The average molecular weight is 234 g/mol. The van der Waals surface area contributed by atoms with E-state index in [0.29, 0.717) is 6.42 Å². The van der Waals surface area contributed by atoms with Gasteiger partial charge in [0.15, 0.2) is 0 Å². The van der Waals surface area contributed by atoms with Crippen molar-refractivity contribution in [3.05, 3.63) is 0 Å². The van der Waals surface area contributed by atoms with Crippen molar-refractivity contribution in [1.29, 1.82) is 0 Å². The molecular weight excluding hydrogens is 216 g/mol. The zero-order valence-electron chi connectivity index (χ0n) is 8.37. The minimum absolute atomic E-state index is 0.306. The number of thiocarbonyl (C=S) groups is 1. The van der Waals surface area contributed by atoms with Crippen molar-refractivity contribution in [2.45, 2.75) is 51.4 Å². The molecule has 0 saturated carbocycles. The molecule has 0 amide bonds. The van der Waals surface area contributed by atoms with E-state index in [1.165, 1.54) is 12.8 Å². The molecule has 0 aromatic heterocycles. The molecule has 82 valence electrons. The lowest BCUT2D eigenvalue weighted by Gasteiger charge is -1.99. The molecule has 0 aromatic rings. The van der Waals surface area contributed by atoms with Crippen LogP contribution in [0.4, 0.5) is 0 Å². The number of rotatable bonds is 9. The van der Waals surface area contributed by atoms with Gasteiger partial charge in [0.05, 0.1) is 0 Å². The average Bonchev–Trinajstić information content (AvgIpc) is 2.08. The summed E-state index contributed by atoms with van der Waals surface area (Å²) in [6.45, 7) is 0. The van der Waals surface area contributed by atoms with E-state index in [1.54, 1.807) is 0 Å². The fourth-order valence-electron chi connectivity index (χ4n) is 1.26. The molecule has 4 heteroatoms. The third kappa shape index (κ3) is 11.9. The second-order valence-corrected chi connectivity index (χ2v) is 4.74. The van der Waals surface area contributed by atoms with Crippen molar-refractivity contribution < 1.29 is 9.90 Å². The summed E-state index contributed by atoms with van der Waals surface area (Å²) in [5, 5.41) is 8.39. The van der Waals surface area contributed by atoms with Gasteiger partial charge in [-0.2, -0.15) is 0 Å². The summed E-state index contributed by atoms with van der Waals surface area (Å²) in [4.78, 5) is 10.2. The van der Waals surface area contributed by atoms with E-state index < -0.39 is 5.97 Å². The third-order valence-electron chi connectivity index (χ3n) is 2.03. The maximum Gasteiger partial charge on any atom is 0.303 e. The Labute approximate surface area is 96.5 Å². The molecule has 0 aliphatic rings. The van der Waals surface area contributed by atoms with Gasteiger partial charge in [-0.15, -0.1) is 12.6 Å². The number of thiol groups is 1. The predicted molar refractivity (Wildman–Crippen MR) is 66.2 cm³/mol. The van der Waals surface area contributed by atoms with Crippen LogP contribution in [-0.4, -0.2) is 15.3 Å². The first-order chi connectivity index (χ1) is 6.63. The largest absolute Gasteiger partial charge is 0.481 e. The van der Waals surface area contributed by atoms with Gasteiger partial charge >= 0.3 is 5.97 Å². The highest BCUT2D eigenvalue weighted by Crippen LogP contribution is 2.09. The fourth-order valence-corrected chi connectivity index (χ4v) is 1.56. The lowest BCUT2D eigenvalue weighted by molar-refractivity contribution is -0.137.